The largest absolute Gasteiger partial charge is 0.457 e. The number of nitrogens with one attached hydrogen (secondary N) is 1. The van der Waals surface area contributed by atoms with E-state index < -0.39 is 19.1 Å². The fourth-order valence-corrected chi connectivity index (χ4v) is 6.85. The summed E-state index contributed by atoms with van der Waals surface area (Å²) in [5, 5.41) is 2.07. The summed E-state index contributed by atoms with van der Waals surface area (Å²) in [7, 11) is -2.28. The second-order valence-corrected chi connectivity index (χ2v) is 17.6. The van der Waals surface area contributed by atoms with Crippen molar-refractivity contribution in [2.24, 2.45) is 0 Å². The van der Waals surface area contributed by atoms with Crippen molar-refractivity contribution < 1.29 is 35.1 Å². The molecule has 0 saturated carbocycles. The first-order valence-electron chi connectivity index (χ1n) is 19.5. The van der Waals surface area contributed by atoms with Gasteiger partial charge in [0.2, 0.25) is 0 Å². The van der Waals surface area contributed by atoms with E-state index in [0.717, 1.165) is 38.8 Å². The Balaban J connectivity index is 0.000000181. The van der Waals surface area contributed by atoms with Crippen LogP contribution in [0.25, 0.3) is 34.7 Å². The zero-order valence-corrected chi connectivity index (χ0v) is 36.5. The van der Waals surface area contributed by atoms with E-state index in [1.807, 2.05) is 97.1 Å². The number of nitrogens with zero attached hydrogens (tertiary/aromatic N) is 2. The van der Waals surface area contributed by atoms with E-state index in [9.17, 15) is 25.6 Å². The Morgan fingerprint density at radius 1 is 0.477 bits per heavy atom. The van der Waals surface area contributed by atoms with E-state index in [-0.39, 0.29) is 17.5 Å². The molecule has 0 aliphatic rings. The smallest absolute Gasteiger partial charge is 0.256 e. The molecule has 328 valence electrons. The Kier molecular flexibility index (Phi) is 16.3. The van der Waals surface area contributed by atoms with Gasteiger partial charge in [0.05, 0.1) is 16.8 Å². The van der Waals surface area contributed by atoms with Crippen LogP contribution < -0.4 is 19.9 Å². The first-order valence-corrected chi connectivity index (χ1v) is 23.4. The third-order valence-corrected chi connectivity index (χ3v) is 10.4. The lowest BCUT2D eigenvalue weighted by Crippen LogP contribution is -2.10. The summed E-state index contributed by atoms with van der Waals surface area (Å²) in [5.41, 5.74) is 10.4. The number of pyridine rings is 2. The van der Waals surface area contributed by atoms with E-state index in [4.69, 9.17) is 25.9 Å². The van der Waals surface area contributed by atoms with E-state index >= 15 is 0 Å². The molecule has 0 amide bonds. The van der Waals surface area contributed by atoms with Gasteiger partial charge in [0.1, 0.15) is 46.3 Å². The third kappa shape index (κ3) is 16.2. The lowest BCUT2D eigenvalue weighted by atomic mass is 10.1. The normalized spacial score (nSPS) is 11.2. The van der Waals surface area contributed by atoms with Crippen LogP contribution in [0.15, 0.2) is 205 Å². The summed E-state index contributed by atoms with van der Waals surface area (Å²) in [5.74, 6) is 2.46. The number of halogens is 3. The van der Waals surface area contributed by atoms with Crippen molar-refractivity contribution in [3.63, 3.8) is 0 Å². The maximum Gasteiger partial charge on any atom is 0.256 e. The van der Waals surface area contributed by atoms with Gasteiger partial charge in [-0.05, 0) is 145 Å². The van der Waals surface area contributed by atoms with Gasteiger partial charge >= 0.3 is 0 Å². The Labute approximate surface area is 380 Å². The highest BCUT2D eigenvalue weighted by molar-refractivity contribution is 8.16. The number of hydrogen-bond donors (Lipinski definition) is 2. The summed E-state index contributed by atoms with van der Waals surface area (Å²) < 4.78 is 85.4. The maximum absolute atomic E-state index is 13.0. The Morgan fingerprint density at radius 2 is 0.877 bits per heavy atom. The minimum atomic E-state index is -3.72. The molecule has 0 bridgehead atoms. The fraction of sp³-hybridized carbons (Fsp3) is 0. The zero-order chi connectivity index (χ0) is 46.1. The summed E-state index contributed by atoms with van der Waals surface area (Å²) in [6, 6.07) is 55.1. The zero-order valence-electron chi connectivity index (χ0n) is 34.2. The highest BCUT2D eigenvalue weighted by atomic mass is 35.7. The minimum Gasteiger partial charge on any atom is -0.457 e. The molecule has 2 aromatic heterocycles. The summed E-state index contributed by atoms with van der Waals surface area (Å²) in [4.78, 5) is 8.66. The molecule has 0 unspecified atom stereocenters. The summed E-state index contributed by atoms with van der Waals surface area (Å²) in [6.07, 6.45) is 2.97. The number of nitrogen functional groups attached to an aromatic ring is 1. The van der Waals surface area contributed by atoms with Crippen molar-refractivity contribution >= 4 is 53.5 Å². The van der Waals surface area contributed by atoms with Crippen LogP contribution in [0.2, 0.25) is 0 Å². The molecule has 0 saturated heterocycles. The van der Waals surface area contributed by atoms with E-state index in [1.165, 1.54) is 36.4 Å². The fourth-order valence-electron chi connectivity index (χ4n) is 5.57. The molecule has 6 aromatic carbocycles. The van der Waals surface area contributed by atoms with E-state index in [1.54, 1.807) is 72.8 Å². The van der Waals surface area contributed by atoms with Crippen molar-refractivity contribution in [2.45, 2.75) is 0 Å². The van der Waals surface area contributed by atoms with Crippen molar-refractivity contribution in [3.8, 4) is 45.5 Å². The maximum atomic E-state index is 13.0. The van der Waals surface area contributed by atoms with Gasteiger partial charge in [-0.3, -0.25) is 4.72 Å². The van der Waals surface area contributed by atoms with Gasteiger partial charge in [0, 0.05) is 27.2 Å². The van der Waals surface area contributed by atoms with Crippen LogP contribution in [-0.4, -0.2) is 26.8 Å². The number of hydrogen-bond acceptors (Lipinski definition) is 9. The molecule has 2 heterocycles. The van der Waals surface area contributed by atoms with Crippen LogP contribution in [0.4, 0.5) is 20.4 Å². The molecule has 0 spiro atoms. The number of benzene rings is 6. The van der Waals surface area contributed by atoms with E-state index in [2.05, 4.69) is 14.7 Å². The molecule has 3 N–H and O–H groups in total. The standard InChI is InChI=1S/C25H19FN2O3S.C17H13FN2O.C8H7ClO2S/c26-21-11-15-23(16-12-21)31-22-13-9-20(10-14-22)24-7-4-8-25(27-24)28-32(29,30)18-17-19-5-2-1-3-6-19;18-13-6-10-15(11-7-13)21-14-8-4-12(5-9-14)16-2-1-3-17(19)20-16;9-12(10,11)7-6-8-4-2-1-3-5-8/h1-18H,(H,27,28);1-11H,(H2,19,20);1-7H/b18-17+;;7-6+. The minimum absolute atomic E-state index is 0.215. The highest BCUT2D eigenvalue weighted by Gasteiger charge is 2.09. The number of rotatable bonds is 12. The van der Waals surface area contributed by atoms with Crippen molar-refractivity contribution in [3.05, 3.63) is 228 Å². The predicted octanol–water partition coefficient (Wildman–Crippen LogP) is 12.6. The summed E-state index contributed by atoms with van der Waals surface area (Å²) in [6.45, 7) is 0. The van der Waals surface area contributed by atoms with Crippen molar-refractivity contribution in [2.75, 3.05) is 10.5 Å². The molecule has 15 heteroatoms. The molecule has 0 atom stereocenters. The Hall–Kier alpha value is -7.65. The number of ether oxygens (including phenoxy) is 2. The van der Waals surface area contributed by atoms with Crippen LogP contribution in [0, 0.1) is 11.6 Å². The lowest BCUT2D eigenvalue weighted by Gasteiger charge is -2.08. The van der Waals surface area contributed by atoms with Gasteiger partial charge in [0.25, 0.3) is 19.1 Å². The third-order valence-electron chi connectivity index (χ3n) is 8.63. The number of nitrogens with two attached hydrogens (primary N) is 1. The molecule has 8 rings (SSSR count). The van der Waals surface area contributed by atoms with Gasteiger partial charge in [-0.2, -0.15) is 0 Å². The Bertz CT molecular complexity index is 3060. The monoisotopic (exact) mass is 928 g/mol. The molecule has 10 nitrogen and oxygen atoms in total. The van der Waals surface area contributed by atoms with Gasteiger partial charge < -0.3 is 15.2 Å². The molecule has 0 radical (unpaired) electrons. The van der Waals surface area contributed by atoms with Crippen LogP contribution in [-0.2, 0) is 19.1 Å². The van der Waals surface area contributed by atoms with Crippen molar-refractivity contribution in [1.82, 2.24) is 9.97 Å². The van der Waals surface area contributed by atoms with Gasteiger partial charge in [0.15, 0.2) is 0 Å². The molecular formula is C50H39ClF2N4O6S2. The topological polar surface area (TPSA) is 151 Å². The molecule has 0 aliphatic heterocycles. The molecule has 8 aromatic rings. The number of sulfonamides is 1. The first kappa shape index (κ1) is 46.8. The molecule has 65 heavy (non-hydrogen) atoms. The van der Waals surface area contributed by atoms with E-state index in [0.29, 0.717) is 34.5 Å². The number of anilines is 2. The summed E-state index contributed by atoms with van der Waals surface area (Å²) >= 11 is 0. The SMILES string of the molecule is Nc1cccc(-c2ccc(Oc3ccc(F)cc3)cc2)n1.O=S(=O)(/C=C/c1ccccc1)Nc1cccc(-c2ccc(Oc3ccc(F)cc3)cc2)n1.O=S(=O)(Cl)/C=C/c1ccccc1. The second kappa shape index (κ2) is 22.6. The highest BCUT2D eigenvalue weighted by Crippen LogP contribution is 2.27. The average molecular weight is 929 g/mol. The van der Waals surface area contributed by atoms with Gasteiger partial charge in [-0.15, -0.1) is 0 Å². The lowest BCUT2D eigenvalue weighted by molar-refractivity contribution is 0.480. The van der Waals surface area contributed by atoms with Crippen LogP contribution in [0.3, 0.4) is 0 Å². The first-order chi connectivity index (χ1) is 31.2. The van der Waals surface area contributed by atoms with Gasteiger partial charge in [-0.1, -0.05) is 72.8 Å². The van der Waals surface area contributed by atoms with Crippen LogP contribution in [0.1, 0.15) is 11.1 Å². The number of aromatic nitrogens is 2. The average Bonchev–Trinajstić information content (AvgIpc) is 3.31. The molecule has 0 fully saturated rings. The molecule has 0 aliphatic carbocycles. The van der Waals surface area contributed by atoms with Crippen LogP contribution >= 0.6 is 10.7 Å². The Morgan fingerprint density at radius 3 is 1.31 bits per heavy atom. The second-order valence-electron chi connectivity index (χ2n) is 13.6. The van der Waals surface area contributed by atoms with Gasteiger partial charge in [-0.25, -0.2) is 35.6 Å². The molecular weight excluding hydrogens is 890 g/mol. The quantitative estimate of drug-likeness (QED) is 0.114. The van der Waals surface area contributed by atoms with Crippen molar-refractivity contribution in [1.29, 1.82) is 0 Å². The predicted molar refractivity (Wildman–Crippen MR) is 255 cm³/mol. The van der Waals surface area contributed by atoms with Crippen LogP contribution in [0.5, 0.6) is 23.0 Å².